The lowest BCUT2D eigenvalue weighted by Crippen LogP contribution is -2.34. The Balaban J connectivity index is 2.99. The first-order valence-corrected chi connectivity index (χ1v) is 5.93. The van der Waals surface area contributed by atoms with Gasteiger partial charge in [-0.15, -0.1) is 0 Å². The van der Waals surface area contributed by atoms with Crippen LogP contribution in [0.15, 0.2) is 18.2 Å². The van der Waals surface area contributed by atoms with Crippen molar-refractivity contribution >= 4 is 34.6 Å². The fourth-order valence-electron chi connectivity index (χ4n) is 1.28. The number of hydrogen-bond acceptors (Lipinski definition) is 1. The van der Waals surface area contributed by atoms with E-state index in [1.165, 1.54) is 12.1 Å². The van der Waals surface area contributed by atoms with E-state index in [9.17, 15) is 13.2 Å². The van der Waals surface area contributed by atoms with E-state index in [4.69, 9.17) is 23.8 Å². The van der Waals surface area contributed by atoms with Gasteiger partial charge in [0.1, 0.15) is 0 Å². The molecule has 0 heterocycles. The fraction of sp³-hybridized carbons (Fsp3) is 0.364. The molecule has 100 valence electrons. The first-order chi connectivity index (χ1) is 8.20. The van der Waals surface area contributed by atoms with Crippen molar-refractivity contribution in [2.45, 2.75) is 26.1 Å². The number of hydrogen-bond donors (Lipinski definition) is 2. The van der Waals surface area contributed by atoms with Crippen LogP contribution in [0.3, 0.4) is 0 Å². The summed E-state index contributed by atoms with van der Waals surface area (Å²) in [5.74, 6) is 0. The number of anilines is 1. The molecule has 0 fully saturated rings. The second-order valence-corrected chi connectivity index (χ2v) is 4.79. The van der Waals surface area contributed by atoms with Crippen molar-refractivity contribution in [1.82, 2.24) is 5.32 Å². The summed E-state index contributed by atoms with van der Waals surface area (Å²) in [7, 11) is 0. The maximum atomic E-state index is 12.8. The number of benzene rings is 1. The average Bonchev–Trinajstić information content (AvgIpc) is 2.17. The Morgan fingerprint density at radius 3 is 2.44 bits per heavy atom. The normalized spacial score (nSPS) is 11.5. The lowest BCUT2D eigenvalue weighted by atomic mass is 10.1. The van der Waals surface area contributed by atoms with Gasteiger partial charge in [-0.1, -0.05) is 11.6 Å². The Labute approximate surface area is 114 Å². The van der Waals surface area contributed by atoms with Crippen molar-refractivity contribution in [2.24, 2.45) is 0 Å². The Bertz CT molecular complexity index is 446. The van der Waals surface area contributed by atoms with E-state index in [0.29, 0.717) is 0 Å². The van der Waals surface area contributed by atoms with E-state index in [1.54, 1.807) is 0 Å². The molecule has 0 amide bonds. The minimum atomic E-state index is -4.49. The number of thiocarbonyl (C=S) groups is 1. The quantitative estimate of drug-likeness (QED) is 0.805. The van der Waals surface area contributed by atoms with Crippen molar-refractivity contribution in [3.8, 4) is 0 Å². The maximum Gasteiger partial charge on any atom is 0.418 e. The van der Waals surface area contributed by atoms with Crippen LogP contribution in [0.4, 0.5) is 18.9 Å². The van der Waals surface area contributed by atoms with Crippen LogP contribution in [-0.4, -0.2) is 11.2 Å². The molecule has 1 rings (SSSR count). The molecule has 1 aromatic rings. The monoisotopic (exact) mass is 296 g/mol. The second-order valence-electron chi connectivity index (χ2n) is 3.94. The maximum absolute atomic E-state index is 12.8. The van der Waals surface area contributed by atoms with Crippen LogP contribution < -0.4 is 10.6 Å². The van der Waals surface area contributed by atoms with Gasteiger partial charge in [0.05, 0.1) is 11.3 Å². The van der Waals surface area contributed by atoms with Crippen molar-refractivity contribution in [3.05, 3.63) is 28.8 Å². The Kier molecular flexibility index (Phi) is 4.81. The first-order valence-electron chi connectivity index (χ1n) is 5.14. The van der Waals surface area contributed by atoms with Crippen molar-refractivity contribution in [1.29, 1.82) is 0 Å². The van der Waals surface area contributed by atoms with Crippen LogP contribution in [-0.2, 0) is 6.18 Å². The first kappa shape index (κ1) is 15.0. The Morgan fingerprint density at radius 2 is 1.94 bits per heavy atom. The van der Waals surface area contributed by atoms with Gasteiger partial charge in [-0.3, -0.25) is 0 Å². The molecule has 0 unspecified atom stereocenters. The zero-order valence-corrected chi connectivity index (χ0v) is 11.3. The van der Waals surface area contributed by atoms with Crippen LogP contribution in [0.25, 0.3) is 0 Å². The predicted octanol–water partition coefficient (Wildman–Crippen LogP) is 4.05. The highest BCUT2D eigenvalue weighted by Crippen LogP contribution is 2.36. The molecule has 0 saturated heterocycles. The molecule has 0 aliphatic rings. The van der Waals surface area contributed by atoms with Gasteiger partial charge in [0.25, 0.3) is 0 Å². The van der Waals surface area contributed by atoms with Gasteiger partial charge in [-0.2, -0.15) is 13.2 Å². The molecular weight excluding hydrogens is 285 g/mol. The highest BCUT2D eigenvalue weighted by Gasteiger charge is 2.34. The van der Waals surface area contributed by atoms with E-state index in [2.05, 4.69) is 10.6 Å². The van der Waals surface area contributed by atoms with Gasteiger partial charge in [0, 0.05) is 11.1 Å². The largest absolute Gasteiger partial charge is 0.418 e. The summed E-state index contributed by atoms with van der Waals surface area (Å²) in [5.41, 5.74) is -0.965. The molecule has 18 heavy (non-hydrogen) atoms. The number of rotatable bonds is 2. The van der Waals surface area contributed by atoms with Crippen LogP contribution in [0.2, 0.25) is 5.02 Å². The molecule has 2 nitrogen and oxygen atoms in total. The van der Waals surface area contributed by atoms with Gasteiger partial charge in [-0.25, -0.2) is 0 Å². The van der Waals surface area contributed by atoms with E-state index >= 15 is 0 Å². The molecule has 0 bridgehead atoms. The summed E-state index contributed by atoms with van der Waals surface area (Å²) in [6.45, 7) is 3.67. The highest BCUT2D eigenvalue weighted by atomic mass is 35.5. The van der Waals surface area contributed by atoms with Gasteiger partial charge in [0.15, 0.2) is 5.11 Å². The molecule has 0 saturated carbocycles. The third-order valence-corrected chi connectivity index (χ3v) is 2.41. The van der Waals surface area contributed by atoms with Crippen LogP contribution in [0.5, 0.6) is 0 Å². The topological polar surface area (TPSA) is 24.1 Å². The summed E-state index contributed by atoms with van der Waals surface area (Å²) in [6, 6.07) is 3.52. The summed E-state index contributed by atoms with van der Waals surface area (Å²) in [4.78, 5) is 0. The Hall–Kier alpha value is -1.01. The van der Waals surface area contributed by atoms with E-state index in [-0.39, 0.29) is 21.9 Å². The molecule has 0 radical (unpaired) electrons. The van der Waals surface area contributed by atoms with E-state index in [1.807, 2.05) is 13.8 Å². The number of halogens is 4. The van der Waals surface area contributed by atoms with Crippen LogP contribution in [0.1, 0.15) is 19.4 Å². The molecule has 2 N–H and O–H groups in total. The van der Waals surface area contributed by atoms with E-state index in [0.717, 1.165) is 6.07 Å². The van der Waals surface area contributed by atoms with Gasteiger partial charge in [-0.05, 0) is 44.3 Å². The predicted molar refractivity (Wildman–Crippen MR) is 70.9 cm³/mol. The zero-order chi connectivity index (χ0) is 13.9. The van der Waals surface area contributed by atoms with Crippen LogP contribution in [0, 0.1) is 0 Å². The smallest absolute Gasteiger partial charge is 0.360 e. The van der Waals surface area contributed by atoms with Crippen molar-refractivity contribution in [2.75, 3.05) is 5.32 Å². The zero-order valence-electron chi connectivity index (χ0n) is 9.73. The molecule has 0 aromatic heterocycles. The second kappa shape index (κ2) is 5.75. The van der Waals surface area contributed by atoms with Gasteiger partial charge in [0.2, 0.25) is 0 Å². The molecule has 0 spiro atoms. The molecule has 0 atom stereocenters. The van der Waals surface area contributed by atoms with Crippen molar-refractivity contribution in [3.63, 3.8) is 0 Å². The highest BCUT2D eigenvalue weighted by molar-refractivity contribution is 7.80. The van der Waals surface area contributed by atoms with Crippen molar-refractivity contribution < 1.29 is 13.2 Å². The summed E-state index contributed by atoms with van der Waals surface area (Å²) >= 11 is 10.5. The third kappa shape index (κ3) is 4.34. The minimum Gasteiger partial charge on any atom is -0.360 e. The lowest BCUT2D eigenvalue weighted by Gasteiger charge is -2.17. The molecule has 1 aromatic carbocycles. The SMILES string of the molecule is CC(C)NC(=S)Nc1ccc(Cl)cc1C(F)(F)F. The van der Waals surface area contributed by atoms with Gasteiger partial charge >= 0.3 is 6.18 Å². The molecule has 0 aliphatic heterocycles. The summed E-state index contributed by atoms with van der Waals surface area (Å²) in [6.07, 6.45) is -4.49. The van der Waals surface area contributed by atoms with Crippen LogP contribution >= 0.6 is 23.8 Å². The Morgan fingerprint density at radius 1 is 1.33 bits per heavy atom. The molecule has 7 heteroatoms. The lowest BCUT2D eigenvalue weighted by molar-refractivity contribution is -0.136. The van der Waals surface area contributed by atoms with E-state index < -0.39 is 11.7 Å². The summed E-state index contributed by atoms with van der Waals surface area (Å²) < 4.78 is 38.3. The summed E-state index contributed by atoms with van der Waals surface area (Å²) in [5, 5.41) is 5.48. The number of alkyl halides is 3. The average molecular weight is 297 g/mol. The number of nitrogens with one attached hydrogen (secondary N) is 2. The van der Waals surface area contributed by atoms with Gasteiger partial charge < -0.3 is 10.6 Å². The molecular formula is C11H12ClF3N2S. The third-order valence-electron chi connectivity index (χ3n) is 1.95. The minimum absolute atomic E-state index is 0.0237. The standard InChI is InChI=1S/C11H12ClF3N2S/c1-6(2)16-10(18)17-9-4-3-7(12)5-8(9)11(13,14)15/h3-6H,1-2H3,(H2,16,17,18). The fourth-order valence-corrected chi connectivity index (χ4v) is 1.80. The molecule has 0 aliphatic carbocycles.